The zero-order valence-electron chi connectivity index (χ0n) is 11.8. The van der Waals surface area contributed by atoms with Crippen molar-refractivity contribution in [3.8, 4) is 0 Å². The van der Waals surface area contributed by atoms with Gasteiger partial charge in [0.2, 0.25) is 0 Å². The van der Waals surface area contributed by atoms with Crippen LogP contribution < -0.4 is 5.73 Å². The van der Waals surface area contributed by atoms with E-state index in [0.29, 0.717) is 6.42 Å². The SMILES string of the molecule is Cl.NC(CO)(CO)CCc1ccc(CCCCS)cc1. The summed E-state index contributed by atoms with van der Waals surface area (Å²) in [5.41, 5.74) is 7.51. The maximum absolute atomic E-state index is 9.14. The van der Waals surface area contributed by atoms with Crippen LogP contribution in [-0.2, 0) is 12.8 Å². The summed E-state index contributed by atoms with van der Waals surface area (Å²) >= 11 is 4.20. The van der Waals surface area contributed by atoms with Gasteiger partial charge in [-0.15, -0.1) is 12.4 Å². The summed E-state index contributed by atoms with van der Waals surface area (Å²) < 4.78 is 0. The smallest absolute Gasteiger partial charge is 0.0633 e. The fourth-order valence-corrected chi connectivity index (χ4v) is 2.14. The molecule has 1 aromatic rings. The Kier molecular flexibility index (Phi) is 10.3. The lowest BCUT2D eigenvalue weighted by molar-refractivity contribution is 0.115. The zero-order valence-corrected chi connectivity index (χ0v) is 13.5. The Morgan fingerprint density at radius 3 is 1.90 bits per heavy atom. The Hall–Kier alpha value is -0.260. The van der Waals surface area contributed by atoms with E-state index in [1.807, 2.05) is 0 Å². The van der Waals surface area contributed by atoms with Crippen LogP contribution in [0.15, 0.2) is 24.3 Å². The van der Waals surface area contributed by atoms with E-state index in [2.05, 4.69) is 36.9 Å². The molecule has 0 unspecified atom stereocenters. The van der Waals surface area contributed by atoms with Crippen molar-refractivity contribution >= 4 is 25.0 Å². The zero-order chi connectivity index (χ0) is 14.1. The highest BCUT2D eigenvalue weighted by atomic mass is 35.5. The number of benzene rings is 1. The molecule has 0 saturated carbocycles. The van der Waals surface area contributed by atoms with Crippen LogP contribution >= 0.6 is 25.0 Å². The molecule has 0 aliphatic heterocycles. The highest BCUT2D eigenvalue weighted by molar-refractivity contribution is 7.80. The van der Waals surface area contributed by atoms with Crippen LogP contribution in [0.25, 0.3) is 0 Å². The second-order valence-corrected chi connectivity index (χ2v) is 5.62. The number of rotatable bonds is 9. The van der Waals surface area contributed by atoms with Crippen molar-refractivity contribution in [1.82, 2.24) is 0 Å². The molecule has 0 saturated heterocycles. The fourth-order valence-electron chi connectivity index (χ4n) is 1.91. The number of aryl methyl sites for hydroxylation is 2. The Labute approximate surface area is 133 Å². The molecule has 0 heterocycles. The molecule has 0 amide bonds. The molecule has 0 bridgehead atoms. The minimum atomic E-state index is -0.870. The quantitative estimate of drug-likeness (QED) is 0.415. The fraction of sp³-hybridized carbons (Fsp3) is 0.600. The molecule has 0 aliphatic rings. The predicted octanol–water partition coefficient (Wildman–Crippen LogP) is 1.98. The largest absolute Gasteiger partial charge is 0.394 e. The number of aliphatic hydroxyl groups is 2. The number of aliphatic hydroxyl groups excluding tert-OH is 2. The number of hydrogen-bond donors (Lipinski definition) is 4. The third kappa shape index (κ3) is 6.95. The van der Waals surface area contributed by atoms with Crippen LogP contribution in [0.5, 0.6) is 0 Å². The first-order valence-electron chi connectivity index (χ1n) is 6.83. The molecule has 0 aliphatic carbocycles. The average molecular weight is 320 g/mol. The van der Waals surface area contributed by atoms with Gasteiger partial charge in [0.15, 0.2) is 0 Å². The van der Waals surface area contributed by atoms with Crippen LogP contribution in [0.1, 0.15) is 30.4 Å². The van der Waals surface area contributed by atoms with Gasteiger partial charge < -0.3 is 15.9 Å². The molecule has 5 heteroatoms. The maximum Gasteiger partial charge on any atom is 0.0633 e. The van der Waals surface area contributed by atoms with Gasteiger partial charge in [0, 0.05) is 0 Å². The molecule has 0 fully saturated rings. The summed E-state index contributed by atoms with van der Waals surface area (Å²) in [5, 5.41) is 18.3. The van der Waals surface area contributed by atoms with Crippen molar-refractivity contribution in [3.05, 3.63) is 35.4 Å². The van der Waals surface area contributed by atoms with E-state index in [1.165, 1.54) is 17.5 Å². The Morgan fingerprint density at radius 1 is 0.950 bits per heavy atom. The Morgan fingerprint density at radius 2 is 1.45 bits per heavy atom. The van der Waals surface area contributed by atoms with Crippen LogP contribution in [0, 0.1) is 0 Å². The molecule has 0 atom stereocenters. The van der Waals surface area contributed by atoms with Crippen LogP contribution in [0.3, 0.4) is 0 Å². The highest BCUT2D eigenvalue weighted by Crippen LogP contribution is 2.13. The lowest BCUT2D eigenvalue weighted by Gasteiger charge is -2.24. The summed E-state index contributed by atoms with van der Waals surface area (Å²) in [6.07, 6.45) is 4.76. The lowest BCUT2D eigenvalue weighted by atomic mass is 9.93. The van der Waals surface area contributed by atoms with Gasteiger partial charge in [-0.3, -0.25) is 0 Å². The standard InChI is InChI=1S/C15H25NO2S.ClH/c16-15(11-17,12-18)9-8-14-6-4-13(5-7-14)3-1-2-10-19;/h4-7,17-19H,1-3,8-12,16H2;1H. The summed E-state index contributed by atoms with van der Waals surface area (Å²) in [4.78, 5) is 0. The Balaban J connectivity index is 0.00000361. The van der Waals surface area contributed by atoms with E-state index in [9.17, 15) is 0 Å². The van der Waals surface area contributed by atoms with E-state index in [0.717, 1.165) is 25.0 Å². The van der Waals surface area contributed by atoms with Gasteiger partial charge in [-0.2, -0.15) is 12.6 Å². The first kappa shape index (κ1) is 19.7. The minimum absolute atomic E-state index is 0. The number of halogens is 1. The molecule has 0 radical (unpaired) electrons. The molecule has 1 aromatic carbocycles. The topological polar surface area (TPSA) is 66.5 Å². The summed E-state index contributed by atoms with van der Waals surface area (Å²) in [6.45, 7) is -0.378. The second-order valence-electron chi connectivity index (χ2n) is 5.18. The van der Waals surface area contributed by atoms with Gasteiger partial charge in [0.25, 0.3) is 0 Å². The van der Waals surface area contributed by atoms with E-state index in [-0.39, 0.29) is 25.6 Å². The van der Waals surface area contributed by atoms with Crippen LogP contribution in [-0.4, -0.2) is 34.7 Å². The molecular weight excluding hydrogens is 294 g/mol. The minimum Gasteiger partial charge on any atom is -0.394 e. The lowest BCUT2D eigenvalue weighted by Crippen LogP contribution is -2.47. The van der Waals surface area contributed by atoms with Crippen molar-refractivity contribution in [2.45, 2.75) is 37.6 Å². The number of thiol groups is 1. The van der Waals surface area contributed by atoms with Gasteiger partial charge in [-0.1, -0.05) is 24.3 Å². The van der Waals surface area contributed by atoms with Crippen LogP contribution in [0.2, 0.25) is 0 Å². The van der Waals surface area contributed by atoms with E-state index in [1.54, 1.807) is 0 Å². The van der Waals surface area contributed by atoms with Crippen molar-refractivity contribution in [1.29, 1.82) is 0 Å². The van der Waals surface area contributed by atoms with Crippen LogP contribution in [0.4, 0.5) is 0 Å². The van der Waals surface area contributed by atoms with Crippen molar-refractivity contribution < 1.29 is 10.2 Å². The molecule has 1 rings (SSSR count). The third-order valence-corrected chi connectivity index (χ3v) is 3.75. The van der Waals surface area contributed by atoms with Gasteiger partial charge >= 0.3 is 0 Å². The van der Waals surface area contributed by atoms with Crippen molar-refractivity contribution in [2.75, 3.05) is 19.0 Å². The first-order chi connectivity index (χ1) is 9.13. The average Bonchev–Trinajstić information content (AvgIpc) is 2.46. The number of hydrogen-bond acceptors (Lipinski definition) is 4. The molecule has 116 valence electrons. The molecule has 0 spiro atoms. The van der Waals surface area contributed by atoms with Gasteiger partial charge in [0.1, 0.15) is 0 Å². The summed E-state index contributed by atoms with van der Waals surface area (Å²) in [6, 6.07) is 8.49. The first-order valence-corrected chi connectivity index (χ1v) is 7.46. The highest BCUT2D eigenvalue weighted by Gasteiger charge is 2.22. The monoisotopic (exact) mass is 319 g/mol. The normalized spacial score (nSPS) is 11.2. The number of nitrogens with two attached hydrogens (primary N) is 1. The van der Waals surface area contributed by atoms with Gasteiger partial charge in [-0.05, 0) is 49.0 Å². The molecule has 0 aromatic heterocycles. The van der Waals surface area contributed by atoms with Crippen molar-refractivity contribution in [3.63, 3.8) is 0 Å². The van der Waals surface area contributed by atoms with Crippen molar-refractivity contribution in [2.24, 2.45) is 5.73 Å². The number of unbranched alkanes of at least 4 members (excludes halogenated alkanes) is 1. The van der Waals surface area contributed by atoms with E-state index < -0.39 is 5.54 Å². The van der Waals surface area contributed by atoms with Gasteiger partial charge in [0.05, 0.1) is 18.8 Å². The predicted molar refractivity (Wildman–Crippen MR) is 89.9 cm³/mol. The summed E-state index contributed by atoms with van der Waals surface area (Å²) in [5.74, 6) is 0.943. The molecule has 4 N–H and O–H groups in total. The Bertz CT molecular complexity index is 355. The molecule has 3 nitrogen and oxygen atoms in total. The molecule has 20 heavy (non-hydrogen) atoms. The third-order valence-electron chi connectivity index (χ3n) is 3.44. The van der Waals surface area contributed by atoms with Gasteiger partial charge in [-0.25, -0.2) is 0 Å². The van der Waals surface area contributed by atoms with E-state index >= 15 is 0 Å². The van der Waals surface area contributed by atoms with E-state index in [4.69, 9.17) is 15.9 Å². The maximum atomic E-state index is 9.14. The summed E-state index contributed by atoms with van der Waals surface area (Å²) in [7, 11) is 0. The second kappa shape index (κ2) is 10.5. The molecular formula is C15H26ClNO2S.